The van der Waals surface area contributed by atoms with Crippen molar-refractivity contribution in [3.8, 4) is 0 Å². The third-order valence-corrected chi connectivity index (χ3v) is 4.25. The topological polar surface area (TPSA) is 61.0 Å². The Labute approximate surface area is 118 Å². The molecule has 106 valence electrons. The van der Waals surface area contributed by atoms with Crippen molar-refractivity contribution in [1.82, 2.24) is 20.4 Å². The number of hydrogen-bond donors (Lipinski definition) is 2. The first-order valence-electron chi connectivity index (χ1n) is 7.08. The largest absolute Gasteiger partial charge is 0.349 e. The van der Waals surface area contributed by atoms with Gasteiger partial charge in [-0.15, -0.1) is 0 Å². The van der Waals surface area contributed by atoms with E-state index in [1.165, 1.54) is 0 Å². The minimum atomic E-state index is 0.00301. The van der Waals surface area contributed by atoms with Crippen molar-refractivity contribution in [1.29, 1.82) is 0 Å². The van der Waals surface area contributed by atoms with E-state index in [1.54, 1.807) is 6.20 Å². The molecule has 2 aromatic rings. The number of benzene rings is 1. The number of nitrogens with zero attached hydrogens (tertiary/aromatic N) is 2. The van der Waals surface area contributed by atoms with Crippen LogP contribution in [0.4, 0.5) is 0 Å². The molecule has 2 N–H and O–H groups in total. The highest BCUT2D eigenvalue weighted by Gasteiger charge is 2.24. The zero-order valence-electron chi connectivity index (χ0n) is 11.9. The highest BCUT2D eigenvalue weighted by molar-refractivity contribution is 5.97. The normalized spacial score (nSPS) is 23.9. The lowest BCUT2D eigenvalue weighted by Gasteiger charge is -2.35. The number of hydrogen-bond acceptors (Lipinski definition) is 3. The zero-order chi connectivity index (χ0) is 14.1. The Balaban J connectivity index is 1.69. The lowest BCUT2D eigenvalue weighted by molar-refractivity contribution is 0.0896. The summed E-state index contributed by atoms with van der Waals surface area (Å²) < 4.78 is 0. The molecule has 1 aliphatic heterocycles. The van der Waals surface area contributed by atoms with E-state index in [4.69, 9.17) is 0 Å². The maximum atomic E-state index is 12.3. The van der Waals surface area contributed by atoms with Crippen LogP contribution in [0.15, 0.2) is 24.4 Å². The second-order valence-electron chi connectivity index (χ2n) is 5.70. The van der Waals surface area contributed by atoms with Crippen LogP contribution in [0.1, 0.15) is 30.1 Å². The van der Waals surface area contributed by atoms with Crippen molar-refractivity contribution in [2.45, 2.75) is 31.8 Å². The Morgan fingerprint density at radius 3 is 3.15 bits per heavy atom. The van der Waals surface area contributed by atoms with Crippen LogP contribution < -0.4 is 5.32 Å². The fourth-order valence-corrected chi connectivity index (χ4v) is 2.77. The number of rotatable bonds is 2. The van der Waals surface area contributed by atoms with Crippen molar-refractivity contribution in [2.75, 3.05) is 13.6 Å². The van der Waals surface area contributed by atoms with Crippen LogP contribution in [0.5, 0.6) is 0 Å². The Bertz CT molecular complexity index is 621. The molecule has 1 saturated heterocycles. The van der Waals surface area contributed by atoms with Crippen LogP contribution in [-0.4, -0.2) is 46.7 Å². The molecule has 3 rings (SSSR count). The number of carbonyl (C=O) groups is 1. The number of H-pyrrole nitrogens is 1. The van der Waals surface area contributed by atoms with Gasteiger partial charge in [0.2, 0.25) is 0 Å². The fourth-order valence-electron chi connectivity index (χ4n) is 2.77. The number of likely N-dealkylation sites (tertiary alicyclic amines) is 1. The number of nitrogens with one attached hydrogen (secondary N) is 2. The van der Waals surface area contributed by atoms with E-state index in [2.05, 4.69) is 34.4 Å². The van der Waals surface area contributed by atoms with Gasteiger partial charge in [0.1, 0.15) is 0 Å². The fraction of sp³-hybridized carbons (Fsp3) is 0.467. The van der Waals surface area contributed by atoms with Crippen LogP contribution in [0.25, 0.3) is 10.9 Å². The van der Waals surface area contributed by atoms with Crippen LogP contribution in [0.3, 0.4) is 0 Å². The molecule has 1 fully saturated rings. The Morgan fingerprint density at radius 1 is 1.50 bits per heavy atom. The summed E-state index contributed by atoms with van der Waals surface area (Å²) in [6, 6.07) is 6.42. The SMILES string of the molecule is CC1CC(NC(=O)c2ccc3cn[nH]c3c2)CCN1C. The highest BCUT2D eigenvalue weighted by atomic mass is 16.1. The van der Waals surface area contributed by atoms with E-state index < -0.39 is 0 Å². The lowest BCUT2D eigenvalue weighted by atomic mass is 9.98. The number of piperidine rings is 1. The van der Waals surface area contributed by atoms with Gasteiger partial charge in [-0.2, -0.15) is 5.10 Å². The maximum Gasteiger partial charge on any atom is 0.251 e. The quantitative estimate of drug-likeness (QED) is 0.876. The molecule has 2 unspecified atom stereocenters. The lowest BCUT2D eigenvalue weighted by Crippen LogP contribution is -2.47. The Kier molecular flexibility index (Phi) is 3.44. The van der Waals surface area contributed by atoms with Gasteiger partial charge in [0.15, 0.2) is 0 Å². The summed E-state index contributed by atoms with van der Waals surface area (Å²) in [6.07, 6.45) is 3.78. The van der Waals surface area contributed by atoms with Crippen molar-refractivity contribution in [3.63, 3.8) is 0 Å². The molecule has 0 bridgehead atoms. The van der Waals surface area contributed by atoms with Gasteiger partial charge < -0.3 is 10.2 Å². The van der Waals surface area contributed by atoms with E-state index in [-0.39, 0.29) is 11.9 Å². The van der Waals surface area contributed by atoms with Crippen LogP contribution in [-0.2, 0) is 0 Å². The molecular formula is C15H20N4O. The third-order valence-electron chi connectivity index (χ3n) is 4.25. The molecule has 5 heteroatoms. The van der Waals surface area contributed by atoms with Gasteiger partial charge in [-0.1, -0.05) is 6.07 Å². The smallest absolute Gasteiger partial charge is 0.251 e. The second kappa shape index (κ2) is 5.25. The molecule has 1 aliphatic rings. The van der Waals surface area contributed by atoms with Gasteiger partial charge in [0.05, 0.1) is 11.7 Å². The van der Waals surface area contributed by atoms with Crippen LogP contribution in [0.2, 0.25) is 0 Å². The molecule has 1 amide bonds. The molecule has 5 nitrogen and oxygen atoms in total. The number of carbonyl (C=O) groups excluding carboxylic acids is 1. The van der Waals surface area contributed by atoms with E-state index in [0.29, 0.717) is 11.6 Å². The van der Waals surface area contributed by atoms with Crippen LogP contribution >= 0.6 is 0 Å². The number of aromatic nitrogens is 2. The molecule has 0 radical (unpaired) electrons. The van der Waals surface area contributed by atoms with Gasteiger partial charge in [0.25, 0.3) is 5.91 Å². The second-order valence-corrected chi connectivity index (χ2v) is 5.70. The molecule has 1 aromatic carbocycles. The highest BCUT2D eigenvalue weighted by Crippen LogP contribution is 2.17. The van der Waals surface area contributed by atoms with Crippen molar-refractivity contribution in [3.05, 3.63) is 30.0 Å². The maximum absolute atomic E-state index is 12.3. The minimum Gasteiger partial charge on any atom is -0.349 e. The van der Waals surface area contributed by atoms with Crippen molar-refractivity contribution in [2.24, 2.45) is 0 Å². The first-order valence-corrected chi connectivity index (χ1v) is 7.08. The predicted octanol–water partition coefficient (Wildman–Crippen LogP) is 1.78. The predicted molar refractivity (Wildman–Crippen MR) is 78.7 cm³/mol. The molecular weight excluding hydrogens is 252 g/mol. The van der Waals surface area contributed by atoms with Crippen LogP contribution in [0, 0.1) is 0 Å². The third kappa shape index (κ3) is 2.54. The first kappa shape index (κ1) is 13.1. The summed E-state index contributed by atoms with van der Waals surface area (Å²) in [5.74, 6) is 0.00301. The van der Waals surface area contributed by atoms with Gasteiger partial charge in [-0.05, 0) is 38.9 Å². The van der Waals surface area contributed by atoms with E-state index in [0.717, 1.165) is 30.3 Å². The zero-order valence-corrected chi connectivity index (χ0v) is 11.9. The van der Waals surface area contributed by atoms with E-state index in [1.807, 2.05) is 18.2 Å². The van der Waals surface area contributed by atoms with E-state index >= 15 is 0 Å². The summed E-state index contributed by atoms with van der Waals surface area (Å²) in [4.78, 5) is 14.6. The molecule has 2 atom stereocenters. The summed E-state index contributed by atoms with van der Waals surface area (Å²) in [6.45, 7) is 3.24. The first-order chi connectivity index (χ1) is 9.63. The average Bonchev–Trinajstić information content (AvgIpc) is 2.90. The molecule has 1 aromatic heterocycles. The van der Waals surface area contributed by atoms with Gasteiger partial charge in [-0.3, -0.25) is 9.89 Å². The summed E-state index contributed by atoms with van der Waals surface area (Å²) >= 11 is 0. The molecule has 2 heterocycles. The van der Waals surface area contributed by atoms with Gasteiger partial charge in [-0.25, -0.2) is 0 Å². The molecule has 0 aliphatic carbocycles. The van der Waals surface area contributed by atoms with Crippen molar-refractivity contribution < 1.29 is 4.79 Å². The average molecular weight is 272 g/mol. The Hall–Kier alpha value is -1.88. The summed E-state index contributed by atoms with van der Waals surface area (Å²) in [5.41, 5.74) is 1.59. The van der Waals surface area contributed by atoms with Gasteiger partial charge in [0, 0.05) is 29.6 Å². The van der Waals surface area contributed by atoms with E-state index in [9.17, 15) is 4.79 Å². The number of amides is 1. The summed E-state index contributed by atoms with van der Waals surface area (Å²) in [5, 5.41) is 11.0. The Morgan fingerprint density at radius 2 is 2.35 bits per heavy atom. The standard InChI is InChI=1S/C15H20N4O/c1-10-7-13(5-6-19(10)2)17-15(20)11-3-4-12-9-16-18-14(12)8-11/h3-4,8-10,13H,5-7H2,1-2H3,(H,16,18)(H,17,20). The summed E-state index contributed by atoms with van der Waals surface area (Å²) in [7, 11) is 2.13. The molecule has 0 saturated carbocycles. The minimum absolute atomic E-state index is 0.00301. The van der Waals surface area contributed by atoms with Gasteiger partial charge >= 0.3 is 0 Å². The number of fused-ring (bicyclic) bond motifs is 1. The van der Waals surface area contributed by atoms with Crippen molar-refractivity contribution >= 4 is 16.8 Å². The number of aromatic amines is 1. The monoisotopic (exact) mass is 272 g/mol. The molecule has 0 spiro atoms. The molecule has 20 heavy (non-hydrogen) atoms.